The summed E-state index contributed by atoms with van der Waals surface area (Å²) in [6.45, 7) is -0.000419. The number of amides is 1. The maximum atomic E-state index is 12.9. The van der Waals surface area contributed by atoms with Crippen LogP contribution in [0, 0.1) is 5.82 Å². The SMILES string of the molecule is O=C(Nc1ccccc1C(=O)OCc1ccc(F)cc1)c1ccco1. The number of esters is 1. The van der Waals surface area contributed by atoms with Crippen LogP contribution in [0.4, 0.5) is 10.1 Å². The van der Waals surface area contributed by atoms with E-state index < -0.39 is 11.9 Å². The molecule has 2 aromatic carbocycles. The molecule has 126 valence electrons. The van der Waals surface area contributed by atoms with Gasteiger partial charge in [0.2, 0.25) is 0 Å². The van der Waals surface area contributed by atoms with E-state index in [-0.39, 0.29) is 23.7 Å². The van der Waals surface area contributed by atoms with Crippen LogP contribution in [0.2, 0.25) is 0 Å². The first-order valence-electron chi connectivity index (χ1n) is 7.49. The zero-order valence-electron chi connectivity index (χ0n) is 13.1. The molecule has 0 aliphatic rings. The molecule has 0 radical (unpaired) electrons. The van der Waals surface area contributed by atoms with Crippen LogP contribution in [0.25, 0.3) is 0 Å². The highest BCUT2D eigenvalue weighted by Crippen LogP contribution is 2.18. The average molecular weight is 339 g/mol. The van der Waals surface area contributed by atoms with Gasteiger partial charge < -0.3 is 14.5 Å². The van der Waals surface area contributed by atoms with Crippen LogP contribution >= 0.6 is 0 Å². The Morgan fingerprint density at radius 3 is 2.48 bits per heavy atom. The molecule has 1 N–H and O–H groups in total. The first kappa shape index (κ1) is 16.4. The molecule has 6 heteroatoms. The third kappa shape index (κ3) is 4.11. The predicted octanol–water partition coefficient (Wildman–Crippen LogP) is 4.03. The van der Waals surface area contributed by atoms with Crippen LogP contribution in [-0.2, 0) is 11.3 Å². The van der Waals surface area contributed by atoms with Crippen molar-refractivity contribution < 1.29 is 23.1 Å². The zero-order chi connectivity index (χ0) is 17.6. The molecule has 1 heterocycles. The van der Waals surface area contributed by atoms with E-state index in [9.17, 15) is 14.0 Å². The molecule has 0 saturated heterocycles. The summed E-state index contributed by atoms with van der Waals surface area (Å²) in [7, 11) is 0. The first-order valence-corrected chi connectivity index (χ1v) is 7.49. The van der Waals surface area contributed by atoms with Gasteiger partial charge >= 0.3 is 5.97 Å². The van der Waals surface area contributed by atoms with Crippen molar-refractivity contribution in [3.63, 3.8) is 0 Å². The Hall–Kier alpha value is -3.41. The van der Waals surface area contributed by atoms with Gasteiger partial charge in [-0.25, -0.2) is 9.18 Å². The molecular formula is C19H14FNO4. The number of nitrogens with one attached hydrogen (secondary N) is 1. The summed E-state index contributed by atoms with van der Waals surface area (Å²) < 4.78 is 23.1. The van der Waals surface area contributed by atoms with Gasteiger partial charge in [0, 0.05) is 0 Å². The van der Waals surface area contributed by atoms with Crippen LogP contribution in [0.1, 0.15) is 26.5 Å². The van der Waals surface area contributed by atoms with Crippen LogP contribution in [0.5, 0.6) is 0 Å². The van der Waals surface area contributed by atoms with Crippen molar-refractivity contribution in [1.82, 2.24) is 0 Å². The minimum Gasteiger partial charge on any atom is -0.459 e. The molecule has 3 rings (SSSR count). The van der Waals surface area contributed by atoms with Crippen LogP contribution in [0.15, 0.2) is 71.3 Å². The number of para-hydroxylation sites is 1. The van der Waals surface area contributed by atoms with Crippen molar-refractivity contribution in [3.05, 3.63) is 89.6 Å². The van der Waals surface area contributed by atoms with Gasteiger partial charge in [0.05, 0.1) is 17.5 Å². The molecule has 0 spiro atoms. The van der Waals surface area contributed by atoms with Crippen LogP contribution in [0.3, 0.4) is 0 Å². The minimum atomic E-state index is -0.598. The number of hydrogen-bond donors (Lipinski definition) is 1. The number of anilines is 1. The average Bonchev–Trinajstić information content (AvgIpc) is 3.16. The second kappa shape index (κ2) is 7.44. The lowest BCUT2D eigenvalue weighted by molar-refractivity contribution is 0.0474. The van der Waals surface area contributed by atoms with Crippen molar-refractivity contribution in [1.29, 1.82) is 0 Å². The number of carbonyl (C=O) groups is 2. The maximum absolute atomic E-state index is 12.9. The monoisotopic (exact) mass is 339 g/mol. The molecule has 1 amide bonds. The Balaban J connectivity index is 1.70. The van der Waals surface area contributed by atoms with Crippen molar-refractivity contribution in [3.8, 4) is 0 Å². The number of carbonyl (C=O) groups excluding carboxylic acids is 2. The van der Waals surface area contributed by atoms with Gasteiger partial charge in [0.25, 0.3) is 5.91 Å². The lowest BCUT2D eigenvalue weighted by atomic mass is 10.1. The molecule has 25 heavy (non-hydrogen) atoms. The summed E-state index contributed by atoms with van der Waals surface area (Å²) in [6, 6.07) is 15.3. The molecule has 0 unspecified atom stereocenters. The van der Waals surface area contributed by atoms with E-state index in [0.717, 1.165) is 0 Å². The number of benzene rings is 2. The van der Waals surface area contributed by atoms with E-state index in [2.05, 4.69) is 5.32 Å². The Bertz CT molecular complexity index is 873. The number of halogens is 1. The predicted molar refractivity (Wildman–Crippen MR) is 88.6 cm³/mol. The lowest BCUT2D eigenvalue weighted by Gasteiger charge is -2.10. The molecule has 0 atom stereocenters. The number of furan rings is 1. The lowest BCUT2D eigenvalue weighted by Crippen LogP contribution is -2.15. The second-order valence-corrected chi connectivity index (χ2v) is 5.18. The molecule has 0 fully saturated rings. The summed E-state index contributed by atoms with van der Waals surface area (Å²) in [6.07, 6.45) is 1.39. The fourth-order valence-corrected chi connectivity index (χ4v) is 2.17. The summed E-state index contributed by atoms with van der Waals surface area (Å²) in [5.74, 6) is -1.29. The fraction of sp³-hybridized carbons (Fsp3) is 0.0526. The highest BCUT2D eigenvalue weighted by Gasteiger charge is 2.16. The topological polar surface area (TPSA) is 68.5 Å². The van der Waals surface area contributed by atoms with Gasteiger partial charge in [0.1, 0.15) is 12.4 Å². The fourth-order valence-electron chi connectivity index (χ4n) is 2.17. The van der Waals surface area contributed by atoms with Gasteiger partial charge in [0.15, 0.2) is 5.76 Å². The van der Waals surface area contributed by atoms with Crippen LogP contribution in [-0.4, -0.2) is 11.9 Å². The van der Waals surface area contributed by atoms with E-state index >= 15 is 0 Å². The molecule has 5 nitrogen and oxygen atoms in total. The molecule has 0 bridgehead atoms. The standard InChI is InChI=1S/C19H14FNO4/c20-14-9-7-13(8-10-14)12-25-19(23)15-4-1-2-5-16(15)21-18(22)17-6-3-11-24-17/h1-11H,12H2,(H,21,22). The van der Waals surface area contributed by atoms with Gasteiger partial charge in [-0.05, 0) is 42.0 Å². The number of rotatable bonds is 5. The quantitative estimate of drug-likeness (QED) is 0.713. The first-order chi connectivity index (χ1) is 12.1. The molecule has 0 saturated carbocycles. The van der Waals surface area contributed by atoms with Gasteiger partial charge in [-0.15, -0.1) is 0 Å². The highest BCUT2D eigenvalue weighted by atomic mass is 19.1. The van der Waals surface area contributed by atoms with E-state index in [1.54, 1.807) is 30.3 Å². The minimum absolute atomic E-state index is 0.000419. The van der Waals surface area contributed by atoms with Crippen molar-refractivity contribution >= 4 is 17.6 Å². The molecule has 3 aromatic rings. The van der Waals surface area contributed by atoms with E-state index in [0.29, 0.717) is 11.3 Å². The Labute approximate surface area is 143 Å². The van der Waals surface area contributed by atoms with Crippen LogP contribution < -0.4 is 5.32 Å². The molecule has 1 aromatic heterocycles. The van der Waals surface area contributed by atoms with E-state index in [4.69, 9.17) is 9.15 Å². The van der Waals surface area contributed by atoms with Gasteiger partial charge in [-0.2, -0.15) is 0 Å². The molecular weight excluding hydrogens is 325 g/mol. The molecule has 0 aliphatic carbocycles. The van der Waals surface area contributed by atoms with Gasteiger partial charge in [-0.1, -0.05) is 24.3 Å². The number of ether oxygens (including phenoxy) is 1. The van der Waals surface area contributed by atoms with Crippen molar-refractivity contribution in [2.24, 2.45) is 0 Å². The largest absolute Gasteiger partial charge is 0.459 e. The number of hydrogen-bond acceptors (Lipinski definition) is 4. The van der Waals surface area contributed by atoms with Crippen molar-refractivity contribution in [2.45, 2.75) is 6.61 Å². The van der Waals surface area contributed by atoms with E-state index in [1.165, 1.54) is 36.6 Å². The third-order valence-corrected chi connectivity index (χ3v) is 3.42. The summed E-state index contributed by atoms with van der Waals surface area (Å²) >= 11 is 0. The zero-order valence-corrected chi connectivity index (χ0v) is 13.1. The Morgan fingerprint density at radius 1 is 1.00 bits per heavy atom. The summed E-state index contributed by atoms with van der Waals surface area (Å²) in [5, 5.41) is 2.62. The summed E-state index contributed by atoms with van der Waals surface area (Å²) in [4.78, 5) is 24.4. The smallest absolute Gasteiger partial charge is 0.340 e. The van der Waals surface area contributed by atoms with E-state index in [1.807, 2.05) is 0 Å². The molecule has 0 aliphatic heterocycles. The highest BCUT2D eigenvalue weighted by molar-refractivity contribution is 6.06. The second-order valence-electron chi connectivity index (χ2n) is 5.18. The Kier molecular flexibility index (Phi) is 4.89. The Morgan fingerprint density at radius 2 is 1.76 bits per heavy atom. The van der Waals surface area contributed by atoms with Crippen molar-refractivity contribution in [2.75, 3.05) is 5.32 Å². The normalized spacial score (nSPS) is 10.3. The third-order valence-electron chi connectivity index (χ3n) is 3.42. The summed E-state index contributed by atoms with van der Waals surface area (Å²) in [5.41, 5.74) is 1.18. The maximum Gasteiger partial charge on any atom is 0.340 e. The van der Waals surface area contributed by atoms with Gasteiger partial charge in [-0.3, -0.25) is 4.79 Å².